The van der Waals surface area contributed by atoms with Crippen molar-refractivity contribution in [1.82, 2.24) is 5.32 Å². The van der Waals surface area contributed by atoms with Crippen molar-refractivity contribution in [3.8, 4) is 0 Å². The van der Waals surface area contributed by atoms with Crippen molar-refractivity contribution in [1.29, 1.82) is 0 Å². The van der Waals surface area contributed by atoms with Gasteiger partial charge in [-0.05, 0) is 31.6 Å². The summed E-state index contributed by atoms with van der Waals surface area (Å²) in [5.74, 6) is -0.0543. The van der Waals surface area contributed by atoms with Gasteiger partial charge in [0.2, 0.25) is 0 Å². The van der Waals surface area contributed by atoms with Crippen molar-refractivity contribution in [2.45, 2.75) is 45.1 Å². The number of hydrogen-bond donors (Lipinski definition) is 1. The van der Waals surface area contributed by atoms with Crippen LogP contribution in [0, 0.1) is 5.41 Å². The number of esters is 1. The average Bonchev–Trinajstić information content (AvgIpc) is 2.48. The first-order valence-corrected chi connectivity index (χ1v) is 5.63. The summed E-state index contributed by atoms with van der Waals surface area (Å²) in [7, 11) is 0. The molecule has 0 amide bonds. The van der Waals surface area contributed by atoms with E-state index in [9.17, 15) is 4.79 Å². The first-order chi connectivity index (χ1) is 6.74. The number of rotatable bonds is 3. The number of carbonyl (C=O) groups is 1. The Balaban J connectivity index is 1.75. The highest BCUT2D eigenvalue weighted by Crippen LogP contribution is 2.47. The quantitative estimate of drug-likeness (QED) is 0.696. The lowest BCUT2D eigenvalue weighted by Gasteiger charge is -2.37. The molecule has 1 spiro atoms. The Morgan fingerprint density at radius 3 is 2.86 bits per heavy atom. The molecule has 0 aromatic heterocycles. The Labute approximate surface area is 85.2 Å². The molecule has 0 aromatic carbocycles. The van der Waals surface area contributed by atoms with Crippen LogP contribution in [0.2, 0.25) is 0 Å². The maximum Gasteiger partial charge on any atom is 0.307 e. The third-order valence-corrected chi connectivity index (χ3v) is 3.58. The molecule has 0 bridgehead atoms. The summed E-state index contributed by atoms with van der Waals surface area (Å²) in [5.41, 5.74) is 0.553. The summed E-state index contributed by atoms with van der Waals surface area (Å²) in [4.78, 5) is 11.3. The highest BCUT2D eigenvalue weighted by molar-refractivity contribution is 5.70. The van der Waals surface area contributed by atoms with Gasteiger partial charge in [-0.15, -0.1) is 0 Å². The molecular weight excluding hydrogens is 178 g/mol. The van der Waals surface area contributed by atoms with Crippen molar-refractivity contribution in [2.75, 3.05) is 13.2 Å². The molecule has 1 unspecified atom stereocenters. The van der Waals surface area contributed by atoms with E-state index >= 15 is 0 Å². The summed E-state index contributed by atoms with van der Waals surface area (Å²) >= 11 is 0. The maximum atomic E-state index is 11.3. The van der Waals surface area contributed by atoms with E-state index in [4.69, 9.17) is 4.74 Å². The minimum atomic E-state index is -0.0543. The van der Waals surface area contributed by atoms with Crippen molar-refractivity contribution in [3.63, 3.8) is 0 Å². The Morgan fingerprint density at radius 2 is 2.36 bits per heavy atom. The van der Waals surface area contributed by atoms with Gasteiger partial charge in [0.05, 0.1) is 13.0 Å². The smallest absolute Gasteiger partial charge is 0.307 e. The third-order valence-electron chi connectivity index (χ3n) is 3.58. The minimum absolute atomic E-state index is 0.0543. The minimum Gasteiger partial charge on any atom is -0.466 e. The molecule has 1 saturated heterocycles. The molecule has 14 heavy (non-hydrogen) atoms. The Morgan fingerprint density at radius 1 is 1.57 bits per heavy atom. The van der Waals surface area contributed by atoms with Crippen LogP contribution in [0.25, 0.3) is 0 Å². The van der Waals surface area contributed by atoms with Gasteiger partial charge in [-0.1, -0.05) is 6.42 Å². The molecule has 80 valence electrons. The van der Waals surface area contributed by atoms with Crippen molar-refractivity contribution < 1.29 is 9.53 Å². The van der Waals surface area contributed by atoms with Crippen molar-refractivity contribution in [3.05, 3.63) is 0 Å². The van der Waals surface area contributed by atoms with Crippen LogP contribution >= 0.6 is 0 Å². The molecule has 2 fully saturated rings. The predicted molar refractivity (Wildman–Crippen MR) is 53.9 cm³/mol. The van der Waals surface area contributed by atoms with Crippen LogP contribution in [0.5, 0.6) is 0 Å². The second kappa shape index (κ2) is 3.89. The van der Waals surface area contributed by atoms with Crippen LogP contribution < -0.4 is 5.32 Å². The SMILES string of the molecule is CCOC(=O)CC1CC2(CCC2)CN1. The van der Waals surface area contributed by atoms with E-state index in [1.54, 1.807) is 0 Å². The van der Waals surface area contributed by atoms with Gasteiger partial charge >= 0.3 is 5.97 Å². The van der Waals surface area contributed by atoms with Gasteiger partial charge in [0.1, 0.15) is 0 Å². The molecule has 0 aromatic rings. The third kappa shape index (κ3) is 1.92. The summed E-state index contributed by atoms with van der Waals surface area (Å²) in [5, 5.41) is 3.44. The van der Waals surface area contributed by atoms with E-state index in [1.165, 1.54) is 25.7 Å². The molecule has 1 saturated carbocycles. The van der Waals surface area contributed by atoms with Gasteiger partial charge in [0.25, 0.3) is 0 Å². The van der Waals surface area contributed by atoms with Crippen LogP contribution in [0.4, 0.5) is 0 Å². The average molecular weight is 197 g/mol. The number of ether oxygens (including phenoxy) is 1. The normalized spacial score (nSPS) is 28.8. The standard InChI is InChI=1S/C11H19NO2/c1-2-14-10(13)6-9-7-11(8-12-9)4-3-5-11/h9,12H,2-8H2,1H3. The fraction of sp³-hybridized carbons (Fsp3) is 0.909. The van der Waals surface area contributed by atoms with Crippen molar-refractivity contribution in [2.24, 2.45) is 5.41 Å². The fourth-order valence-corrected chi connectivity index (χ4v) is 2.65. The van der Waals surface area contributed by atoms with Crippen LogP contribution in [0.3, 0.4) is 0 Å². The fourth-order valence-electron chi connectivity index (χ4n) is 2.65. The Bertz CT molecular complexity index is 223. The van der Waals surface area contributed by atoms with Gasteiger partial charge in [-0.3, -0.25) is 4.79 Å². The molecule has 3 heteroatoms. The van der Waals surface area contributed by atoms with E-state index in [2.05, 4.69) is 5.32 Å². The zero-order valence-electron chi connectivity index (χ0n) is 8.84. The molecule has 1 atom stereocenters. The van der Waals surface area contributed by atoms with Crippen LogP contribution in [-0.4, -0.2) is 25.2 Å². The second-order valence-corrected chi connectivity index (χ2v) is 4.64. The molecule has 1 aliphatic heterocycles. The predicted octanol–water partition coefficient (Wildman–Crippen LogP) is 1.47. The Hall–Kier alpha value is -0.570. The largest absolute Gasteiger partial charge is 0.466 e. The van der Waals surface area contributed by atoms with E-state index in [0.717, 1.165) is 6.54 Å². The summed E-state index contributed by atoms with van der Waals surface area (Å²) < 4.78 is 4.94. The lowest BCUT2D eigenvalue weighted by atomic mass is 9.67. The summed E-state index contributed by atoms with van der Waals surface area (Å²) in [6.45, 7) is 3.46. The van der Waals surface area contributed by atoms with Crippen LogP contribution in [-0.2, 0) is 9.53 Å². The van der Waals surface area contributed by atoms with E-state index in [0.29, 0.717) is 24.5 Å². The molecule has 1 N–H and O–H groups in total. The zero-order chi connectivity index (χ0) is 10.0. The molecule has 1 aliphatic carbocycles. The first-order valence-electron chi connectivity index (χ1n) is 5.63. The van der Waals surface area contributed by atoms with Crippen molar-refractivity contribution >= 4 is 5.97 Å². The van der Waals surface area contributed by atoms with Gasteiger partial charge in [0, 0.05) is 12.6 Å². The molecule has 3 nitrogen and oxygen atoms in total. The Kier molecular flexibility index (Phi) is 2.77. The van der Waals surface area contributed by atoms with E-state index in [-0.39, 0.29) is 5.97 Å². The molecule has 2 rings (SSSR count). The van der Waals surface area contributed by atoms with Gasteiger partial charge in [-0.25, -0.2) is 0 Å². The van der Waals surface area contributed by atoms with Crippen LogP contribution in [0.15, 0.2) is 0 Å². The van der Waals surface area contributed by atoms with E-state index < -0.39 is 0 Å². The number of hydrogen-bond acceptors (Lipinski definition) is 3. The molecular formula is C11H19NO2. The first kappa shape index (κ1) is 9.97. The number of carbonyl (C=O) groups excluding carboxylic acids is 1. The second-order valence-electron chi connectivity index (χ2n) is 4.64. The highest BCUT2D eigenvalue weighted by atomic mass is 16.5. The number of nitrogens with one attached hydrogen (secondary N) is 1. The maximum absolute atomic E-state index is 11.3. The summed E-state index contributed by atoms with van der Waals surface area (Å²) in [6, 6.07) is 0.370. The highest BCUT2D eigenvalue weighted by Gasteiger charge is 2.43. The molecule has 2 aliphatic rings. The van der Waals surface area contributed by atoms with Gasteiger partial charge in [-0.2, -0.15) is 0 Å². The monoisotopic (exact) mass is 197 g/mol. The topological polar surface area (TPSA) is 38.3 Å². The van der Waals surface area contributed by atoms with Crippen LogP contribution in [0.1, 0.15) is 39.0 Å². The molecule has 0 radical (unpaired) electrons. The zero-order valence-corrected chi connectivity index (χ0v) is 8.84. The molecule has 1 heterocycles. The lowest BCUT2D eigenvalue weighted by molar-refractivity contribution is -0.143. The van der Waals surface area contributed by atoms with Gasteiger partial charge < -0.3 is 10.1 Å². The van der Waals surface area contributed by atoms with E-state index in [1.807, 2.05) is 6.92 Å². The van der Waals surface area contributed by atoms with Gasteiger partial charge in [0.15, 0.2) is 0 Å². The lowest BCUT2D eigenvalue weighted by Crippen LogP contribution is -2.31. The summed E-state index contributed by atoms with van der Waals surface area (Å²) in [6.07, 6.45) is 5.79.